The maximum atomic E-state index is 4.83. The average Bonchev–Trinajstić information content (AvgIpc) is 2.35. The Morgan fingerprint density at radius 1 is 1.07 bits per heavy atom. The molecule has 0 amide bonds. The van der Waals surface area contributed by atoms with E-state index < -0.39 is 0 Å². The molecule has 3 aliphatic carbocycles. The third-order valence-electron chi connectivity index (χ3n) is 5.65. The second kappa shape index (κ2) is 3.42. The maximum absolute atomic E-state index is 4.83. The van der Waals surface area contributed by atoms with E-state index in [1.165, 1.54) is 25.7 Å². The predicted octanol–water partition coefficient (Wildman–Crippen LogP) is 4.16. The molecule has 3 aliphatic rings. The summed E-state index contributed by atoms with van der Waals surface area (Å²) in [6.45, 7) is 4.83. The summed E-state index contributed by atoms with van der Waals surface area (Å²) in [5.74, 6) is 4.18. The van der Waals surface area contributed by atoms with Gasteiger partial charge in [0, 0.05) is 5.25 Å². The largest absolute Gasteiger partial charge is 0.176 e. The van der Waals surface area contributed by atoms with Crippen LogP contribution < -0.4 is 0 Å². The Morgan fingerprint density at radius 3 is 2.53 bits per heavy atom. The summed E-state index contributed by atoms with van der Waals surface area (Å²) in [6.07, 6.45) is 9.08. The molecule has 6 unspecified atom stereocenters. The lowest BCUT2D eigenvalue weighted by Gasteiger charge is -2.44. The van der Waals surface area contributed by atoms with Gasteiger partial charge >= 0.3 is 0 Å². The standard InChI is InChI=1S/C14H24S/c1-9-3-12-4-11-5-13(12)8-14(6-9,7-11)10(2)15/h9-13,15H,3-8H2,1-2H3. The van der Waals surface area contributed by atoms with Crippen LogP contribution in [0.1, 0.15) is 52.4 Å². The van der Waals surface area contributed by atoms with Gasteiger partial charge in [0.15, 0.2) is 0 Å². The second-order valence-corrected chi connectivity index (χ2v) is 7.62. The predicted molar refractivity (Wildman–Crippen MR) is 68.2 cm³/mol. The van der Waals surface area contributed by atoms with Crippen molar-refractivity contribution in [2.45, 2.75) is 57.6 Å². The van der Waals surface area contributed by atoms with E-state index >= 15 is 0 Å². The van der Waals surface area contributed by atoms with Gasteiger partial charge in [0.1, 0.15) is 0 Å². The minimum atomic E-state index is 0.612. The van der Waals surface area contributed by atoms with E-state index in [1.54, 1.807) is 12.8 Å². The second-order valence-electron chi connectivity index (χ2n) is 6.85. The van der Waals surface area contributed by atoms with Crippen molar-refractivity contribution < 1.29 is 0 Å². The maximum Gasteiger partial charge on any atom is 0.00452 e. The van der Waals surface area contributed by atoms with Crippen LogP contribution in [0.3, 0.4) is 0 Å². The fourth-order valence-electron chi connectivity index (χ4n) is 5.20. The first-order chi connectivity index (χ1) is 7.09. The topological polar surface area (TPSA) is 0 Å². The van der Waals surface area contributed by atoms with Crippen LogP contribution in [0.25, 0.3) is 0 Å². The van der Waals surface area contributed by atoms with Crippen molar-refractivity contribution in [1.82, 2.24) is 0 Å². The summed E-state index contributed by atoms with van der Waals surface area (Å²) in [4.78, 5) is 0. The Balaban J connectivity index is 1.95. The molecule has 3 rings (SSSR count). The van der Waals surface area contributed by atoms with Crippen LogP contribution in [0.5, 0.6) is 0 Å². The normalized spacial score (nSPS) is 55.4. The van der Waals surface area contributed by atoms with Gasteiger partial charge in [-0.1, -0.05) is 13.8 Å². The number of hydrogen-bond donors (Lipinski definition) is 1. The highest BCUT2D eigenvalue weighted by Gasteiger charge is 2.52. The number of rotatable bonds is 1. The van der Waals surface area contributed by atoms with Crippen LogP contribution in [0, 0.1) is 29.1 Å². The molecule has 0 aliphatic heterocycles. The summed E-state index contributed by atoms with van der Waals surface area (Å²) in [6, 6.07) is 0. The molecule has 0 saturated heterocycles. The lowest BCUT2D eigenvalue weighted by Crippen LogP contribution is -2.36. The third kappa shape index (κ3) is 1.57. The number of thiol groups is 1. The highest BCUT2D eigenvalue weighted by Crippen LogP contribution is 2.61. The Kier molecular flexibility index (Phi) is 2.39. The zero-order valence-corrected chi connectivity index (χ0v) is 11.0. The quantitative estimate of drug-likeness (QED) is 0.635. The third-order valence-corrected chi connectivity index (χ3v) is 6.20. The van der Waals surface area contributed by atoms with Crippen LogP contribution in [-0.4, -0.2) is 5.25 Å². The van der Waals surface area contributed by atoms with Crippen molar-refractivity contribution in [2.75, 3.05) is 0 Å². The monoisotopic (exact) mass is 224 g/mol. The van der Waals surface area contributed by atoms with Gasteiger partial charge in [-0.25, -0.2) is 0 Å². The van der Waals surface area contributed by atoms with Crippen molar-refractivity contribution in [3.63, 3.8) is 0 Å². The van der Waals surface area contributed by atoms with Crippen LogP contribution in [0.4, 0.5) is 0 Å². The molecule has 0 aromatic carbocycles. The summed E-state index contributed by atoms with van der Waals surface area (Å²) in [7, 11) is 0. The first-order valence-corrected chi connectivity index (χ1v) is 7.29. The van der Waals surface area contributed by atoms with Gasteiger partial charge < -0.3 is 0 Å². The lowest BCUT2D eigenvalue weighted by atomic mass is 9.64. The number of hydrogen-bond acceptors (Lipinski definition) is 1. The first kappa shape index (κ1) is 10.5. The highest BCUT2D eigenvalue weighted by atomic mass is 32.1. The van der Waals surface area contributed by atoms with Crippen molar-refractivity contribution >= 4 is 12.6 Å². The van der Waals surface area contributed by atoms with E-state index in [9.17, 15) is 0 Å². The molecule has 6 atom stereocenters. The Morgan fingerprint density at radius 2 is 1.80 bits per heavy atom. The zero-order chi connectivity index (χ0) is 10.6. The fourth-order valence-corrected chi connectivity index (χ4v) is 5.51. The zero-order valence-electron chi connectivity index (χ0n) is 10.1. The molecule has 0 radical (unpaired) electrons. The highest BCUT2D eigenvalue weighted by molar-refractivity contribution is 7.81. The van der Waals surface area contributed by atoms with E-state index in [1.807, 2.05) is 0 Å². The van der Waals surface area contributed by atoms with Crippen LogP contribution in [-0.2, 0) is 0 Å². The minimum Gasteiger partial charge on any atom is -0.176 e. The molecule has 0 N–H and O–H groups in total. The smallest absolute Gasteiger partial charge is 0.00452 e. The molecule has 1 heteroatoms. The molecule has 0 aromatic rings. The van der Waals surface area contributed by atoms with Crippen LogP contribution >= 0.6 is 12.6 Å². The van der Waals surface area contributed by atoms with Gasteiger partial charge in [-0.15, -0.1) is 0 Å². The van der Waals surface area contributed by atoms with E-state index in [-0.39, 0.29) is 0 Å². The number of fused-ring (bicyclic) bond motifs is 2. The van der Waals surface area contributed by atoms with E-state index in [4.69, 9.17) is 12.6 Å². The molecule has 3 fully saturated rings. The van der Waals surface area contributed by atoms with E-state index in [0.29, 0.717) is 10.7 Å². The molecule has 0 aromatic heterocycles. The minimum absolute atomic E-state index is 0.612. The van der Waals surface area contributed by atoms with Gasteiger partial charge in [0.25, 0.3) is 0 Å². The molecule has 3 bridgehead atoms. The summed E-state index contributed by atoms with van der Waals surface area (Å²) < 4.78 is 0. The molecule has 15 heavy (non-hydrogen) atoms. The van der Waals surface area contributed by atoms with Gasteiger partial charge in [-0.3, -0.25) is 0 Å². The fraction of sp³-hybridized carbons (Fsp3) is 1.00. The molecule has 86 valence electrons. The molecular weight excluding hydrogens is 200 g/mol. The average molecular weight is 224 g/mol. The SMILES string of the molecule is CC1CC2CC3CC2CC(C(C)S)(C1)C3. The van der Waals surface area contributed by atoms with E-state index in [0.717, 1.165) is 23.7 Å². The Bertz CT molecular complexity index is 256. The Labute approximate surface area is 99.6 Å². The van der Waals surface area contributed by atoms with Gasteiger partial charge in [-0.05, 0) is 67.6 Å². The van der Waals surface area contributed by atoms with Crippen LogP contribution in [0.2, 0.25) is 0 Å². The van der Waals surface area contributed by atoms with Crippen molar-refractivity contribution in [3.05, 3.63) is 0 Å². The lowest BCUT2D eigenvalue weighted by molar-refractivity contribution is 0.112. The summed E-state index contributed by atoms with van der Waals surface area (Å²) >= 11 is 4.83. The summed E-state index contributed by atoms with van der Waals surface area (Å²) in [5.41, 5.74) is 0.612. The first-order valence-electron chi connectivity index (χ1n) is 6.77. The van der Waals surface area contributed by atoms with E-state index in [2.05, 4.69) is 13.8 Å². The van der Waals surface area contributed by atoms with Crippen molar-refractivity contribution in [3.8, 4) is 0 Å². The Hall–Kier alpha value is 0.350. The molecule has 0 heterocycles. The van der Waals surface area contributed by atoms with Gasteiger partial charge in [0.2, 0.25) is 0 Å². The van der Waals surface area contributed by atoms with Gasteiger partial charge in [0.05, 0.1) is 0 Å². The summed E-state index contributed by atoms with van der Waals surface area (Å²) in [5, 5.41) is 0.613. The van der Waals surface area contributed by atoms with Gasteiger partial charge in [-0.2, -0.15) is 12.6 Å². The van der Waals surface area contributed by atoms with Crippen LogP contribution in [0.15, 0.2) is 0 Å². The molecule has 0 spiro atoms. The van der Waals surface area contributed by atoms with Crippen molar-refractivity contribution in [2.24, 2.45) is 29.1 Å². The van der Waals surface area contributed by atoms with Crippen molar-refractivity contribution in [1.29, 1.82) is 0 Å². The molecule has 0 nitrogen and oxygen atoms in total. The molecular formula is C14H24S. The molecule has 3 saturated carbocycles.